The second-order valence-electron chi connectivity index (χ2n) is 4.87. The number of aryl methyl sites for hydroxylation is 2. The number of amides is 1. The lowest BCUT2D eigenvalue weighted by Gasteiger charge is -2.09. The van der Waals surface area contributed by atoms with Crippen molar-refractivity contribution in [3.63, 3.8) is 0 Å². The lowest BCUT2D eigenvalue weighted by atomic mass is 10.3. The molecular weight excluding hydrogens is 365 g/mol. The maximum absolute atomic E-state index is 13.5. The zero-order valence-corrected chi connectivity index (χ0v) is 14.2. The van der Waals surface area contributed by atoms with Gasteiger partial charge in [-0.25, -0.2) is 26.3 Å². The van der Waals surface area contributed by atoms with Crippen molar-refractivity contribution in [2.45, 2.75) is 18.7 Å². The number of carbonyl (C=O) groups excluding carboxylic acids is 1. The third kappa shape index (κ3) is 3.94. The molecule has 1 aromatic carbocycles. The Kier molecular flexibility index (Phi) is 5.31. The predicted molar refractivity (Wildman–Crippen MR) is 83.9 cm³/mol. The molecule has 1 heterocycles. The van der Waals surface area contributed by atoms with E-state index in [4.69, 9.17) is 0 Å². The van der Waals surface area contributed by atoms with Crippen molar-refractivity contribution in [1.29, 1.82) is 0 Å². The summed E-state index contributed by atoms with van der Waals surface area (Å²) in [4.78, 5) is 13.1. The van der Waals surface area contributed by atoms with Gasteiger partial charge in [-0.15, -0.1) is 11.3 Å². The van der Waals surface area contributed by atoms with Crippen molar-refractivity contribution in [1.82, 2.24) is 4.72 Å². The maximum Gasteiger partial charge on any atom is 0.242 e. The van der Waals surface area contributed by atoms with E-state index in [0.29, 0.717) is 10.9 Å². The van der Waals surface area contributed by atoms with Crippen LogP contribution in [-0.2, 0) is 14.8 Å². The van der Waals surface area contributed by atoms with Crippen molar-refractivity contribution in [3.8, 4) is 0 Å². The van der Waals surface area contributed by atoms with Gasteiger partial charge in [-0.3, -0.25) is 4.79 Å². The minimum Gasteiger partial charge on any atom is -0.322 e. The summed E-state index contributed by atoms with van der Waals surface area (Å²) in [5.74, 6) is -5.60. The SMILES string of the molecule is Cc1cc(S(=O)(=O)NCC(=O)Nc2ccc(F)c(F)c2F)c(C)s1. The molecule has 1 amide bonds. The van der Waals surface area contributed by atoms with E-state index in [2.05, 4.69) is 4.72 Å². The van der Waals surface area contributed by atoms with Crippen molar-refractivity contribution in [3.05, 3.63) is 45.4 Å². The Morgan fingerprint density at radius 3 is 2.42 bits per heavy atom. The van der Waals surface area contributed by atoms with Gasteiger partial charge in [0, 0.05) is 9.75 Å². The van der Waals surface area contributed by atoms with Gasteiger partial charge in [-0.05, 0) is 32.0 Å². The maximum atomic E-state index is 13.5. The number of hydrogen-bond acceptors (Lipinski definition) is 4. The highest BCUT2D eigenvalue weighted by Gasteiger charge is 2.21. The molecule has 0 aliphatic rings. The van der Waals surface area contributed by atoms with Gasteiger partial charge in [0.15, 0.2) is 17.5 Å². The Labute approximate surface area is 140 Å². The molecule has 10 heteroatoms. The molecule has 0 aliphatic carbocycles. The Bertz CT molecular complexity index is 895. The summed E-state index contributed by atoms with van der Waals surface area (Å²) in [6.45, 7) is 2.69. The topological polar surface area (TPSA) is 75.3 Å². The lowest BCUT2D eigenvalue weighted by Crippen LogP contribution is -2.33. The van der Waals surface area contributed by atoms with Crippen molar-refractivity contribution >= 4 is 33.0 Å². The molecule has 130 valence electrons. The molecule has 0 atom stereocenters. The van der Waals surface area contributed by atoms with Gasteiger partial charge >= 0.3 is 0 Å². The van der Waals surface area contributed by atoms with Crippen molar-refractivity contribution in [2.24, 2.45) is 0 Å². The molecule has 0 spiro atoms. The smallest absolute Gasteiger partial charge is 0.242 e. The number of hydrogen-bond donors (Lipinski definition) is 2. The third-order valence-corrected chi connectivity index (χ3v) is 5.64. The average Bonchev–Trinajstić information content (AvgIpc) is 2.85. The summed E-state index contributed by atoms with van der Waals surface area (Å²) >= 11 is 1.29. The van der Waals surface area contributed by atoms with Crippen molar-refractivity contribution < 1.29 is 26.4 Å². The monoisotopic (exact) mass is 378 g/mol. The first-order valence-electron chi connectivity index (χ1n) is 6.62. The Hall–Kier alpha value is -1.91. The van der Waals surface area contributed by atoms with Crippen LogP contribution in [0.25, 0.3) is 0 Å². The largest absolute Gasteiger partial charge is 0.322 e. The van der Waals surface area contributed by atoms with Crippen LogP contribution >= 0.6 is 11.3 Å². The molecule has 0 aliphatic heterocycles. The molecule has 0 radical (unpaired) electrons. The number of thiophene rings is 1. The fraction of sp³-hybridized carbons (Fsp3) is 0.214. The van der Waals surface area contributed by atoms with E-state index in [1.807, 2.05) is 5.32 Å². The fourth-order valence-electron chi connectivity index (χ4n) is 1.93. The van der Waals surface area contributed by atoms with Gasteiger partial charge in [-0.2, -0.15) is 0 Å². The van der Waals surface area contributed by atoms with E-state index >= 15 is 0 Å². The lowest BCUT2D eigenvalue weighted by molar-refractivity contribution is -0.115. The number of sulfonamides is 1. The minimum atomic E-state index is -3.91. The Balaban J connectivity index is 2.06. The van der Waals surface area contributed by atoms with E-state index in [1.165, 1.54) is 17.4 Å². The zero-order valence-electron chi connectivity index (χ0n) is 12.6. The van der Waals surface area contributed by atoms with E-state index in [0.717, 1.165) is 10.9 Å². The van der Waals surface area contributed by atoms with E-state index < -0.39 is 45.6 Å². The molecule has 2 N–H and O–H groups in total. The number of rotatable bonds is 5. The van der Waals surface area contributed by atoms with Gasteiger partial charge in [0.05, 0.1) is 17.1 Å². The summed E-state index contributed by atoms with van der Waals surface area (Å²) in [7, 11) is -3.91. The highest BCUT2D eigenvalue weighted by molar-refractivity contribution is 7.89. The number of nitrogens with one attached hydrogen (secondary N) is 2. The Morgan fingerprint density at radius 1 is 1.17 bits per heavy atom. The van der Waals surface area contributed by atoms with E-state index in [1.54, 1.807) is 13.8 Å². The summed E-state index contributed by atoms with van der Waals surface area (Å²) < 4.78 is 65.6. The molecule has 2 aromatic rings. The van der Waals surface area contributed by atoms with Crippen LogP contribution in [0.4, 0.5) is 18.9 Å². The summed E-state index contributed by atoms with van der Waals surface area (Å²) in [6, 6.07) is 2.96. The molecule has 5 nitrogen and oxygen atoms in total. The number of benzene rings is 1. The molecule has 0 bridgehead atoms. The second kappa shape index (κ2) is 6.91. The minimum absolute atomic E-state index is 0.0526. The average molecular weight is 378 g/mol. The fourth-order valence-corrected chi connectivity index (χ4v) is 4.46. The van der Waals surface area contributed by atoms with Crippen LogP contribution in [0.2, 0.25) is 0 Å². The van der Waals surface area contributed by atoms with Crippen LogP contribution in [0.15, 0.2) is 23.1 Å². The van der Waals surface area contributed by atoms with Crippen LogP contribution in [0.3, 0.4) is 0 Å². The normalized spacial score (nSPS) is 11.5. The highest BCUT2D eigenvalue weighted by atomic mass is 32.2. The second-order valence-corrected chi connectivity index (χ2v) is 8.07. The van der Waals surface area contributed by atoms with Gasteiger partial charge in [0.1, 0.15) is 0 Å². The quantitative estimate of drug-likeness (QED) is 0.786. The number of carbonyl (C=O) groups is 1. The molecule has 0 saturated carbocycles. The standard InChI is InChI=1S/C14H13F3N2O3S2/c1-7-5-11(8(2)23-7)24(21,22)18-6-12(20)19-10-4-3-9(15)13(16)14(10)17/h3-5,18H,6H2,1-2H3,(H,19,20). The van der Waals surface area contributed by atoms with Crippen LogP contribution in [0.5, 0.6) is 0 Å². The van der Waals surface area contributed by atoms with Crippen LogP contribution < -0.4 is 10.0 Å². The molecule has 2 rings (SSSR count). The zero-order chi connectivity index (χ0) is 18.1. The number of anilines is 1. The van der Waals surface area contributed by atoms with Gasteiger partial charge < -0.3 is 5.32 Å². The van der Waals surface area contributed by atoms with E-state index in [-0.39, 0.29) is 4.90 Å². The van der Waals surface area contributed by atoms with Gasteiger partial charge in [-0.1, -0.05) is 0 Å². The van der Waals surface area contributed by atoms with Gasteiger partial charge in [0.2, 0.25) is 15.9 Å². The Morgan fingerprint density at radius 2 is 1.83 bits per heavy atom. The predicted octanol–water partition coefficient (Wildman–Crippen LogP) is 2.70. The first-order chi connectivity index (χ1) is 11.1. The van der Waals surface area contributed by atoms with Crippen LogP contribution in [-0.4, -0.2) is 20.9 Å². The molecule has 24 heavy (non-hydrogen) atoms. The van der Waals surface area contributed by atoms with E-state index in [9.17, 15) is 26.4 Å². The first kappa shape index (κ1) is 18.4. The third-order valence-electron chi connectivity index (χ3n) is 3.02. The summed E-state index contributed by atoms with van der Waals surface area (Å²) in [5.41, 5.74) is -0.583. The highest BCUT2D eigenvalue weighted by Crippen LogP contribution is 2.24. The molecule has 1 aromatic heterocycles. The molecule has 0 fully saturated rings. The first-order valence-corrected chi connectivity index (χ1v) is 8.92. The molecule has 0 unspecified atom stereocenters. The molecular formula is C14H13F3N2O3S2. The van der Waals surface area contributed by atoms with Crippen LogP contribution in [0, 0.1) is 31.3 Å². The van der Waals surface area contributed by atoms with Crippen molar-refractivity contribution in [2.75, 3.05) is 11.9 Å². The van der Waals surface area contributed by atoms with Crippen LogP contribution in [0.1, 0.15) is 9.75 Å². The number of halogens is 3. The van der Waals surface area contributed by atoms with Gasteiger partial charge in [0.25, 0.3) is 0 Å². The molecule has 0 saturated heterocycles. The summed E-state index contributed by atoms with van der Waals surface area (Å²) in [5, 5.41) is 1.98. The summed E-state index contributed by atoms with van der Waals surface area (Å²) in [6.07, 6.45) is 0.